The summed E-state index contributed by atoms with van der Waals surface area (Å²) in [7, 11) is 0. The van der Waals surface area contributed by atoms with Gasteiger partial charge < -0.3 is 15.4 Å². The summed E-state index contributed by atoms with van der Waals surface area (Å²) in [5.41, 5.74) is 3.61. The first-order valence-electron chi connectivity index (χ1n) is 9.42. The van der Waals surface area contributed by atoms with Crippen molar-refractivity contribution >= 4 is 28.3 Å². The topological polar surface area (TPSA) is 80.3 Å². The van der Waals surface area contributed by atoms with Gasteiger partial charge in [-0.3, -0.25) is 9.59 Å². The van der Waals surface area contributed by atoms with E-state index < -0.39 is 0 Å². The predicted octanol–water partition coefficient (Wildman–Crippen LogP) is 3.95. The van der Waals surface area contributed by atoms with Crippen molar-refractivity contribution in [3.63, 3.8) is 0 Å². The van der Waals surface area contributed by atoms with Crippen LogP contribution in [0.15, 0.2) is 53.9 Å². The maximum absolute atomic E-state index is 12.3. The van der Waals surface area contributed by atoms with Crippen molar-refractivity contribution < 1.29 is 14.3 Å². The van der Waals surface area contributed by atoms with Gasteiger partial charge in [0.1, 0.15) is 5.75 Å². The number of hydrogen-bond acceptors (Lipinski definition) is 5. The van der Waals surface area contributed by atoms with Crippen LogP contribution in [0.25, 0.3) is 11.3 Å². The van der Waals surface area contributed by atoms with Crippen LogP contribution < -0.4 is 15.4 Å². The molecule has 7 heteroatoms. The Balaban J connectivity index is 1.49. The van der Waals surface area contributed by atoms with Crippen LogP contribution >= 0.6 is 11.3 Å². The van der Waals surface area contributed by atoms with E-state index in [9.17, 15) is 9.59 Å². The van der Waals surface area contributed by atoms with Crippen LogP contribution in [0, 0.1) is 0 Å². The molecule has 2 amide bonds. The van der Waals surface area contributed by atoms with Crippen LogP contribution in [0.3, 0.4) is 0 Å². The number of ether oxygens (including phenoxy) is 1. The van der Waals surface area contributed by atoms with Crippen LogP contribution in [0.5, 0.6) is 5.75 Å². The minimum atomic E-state index is -0.0957. The van der Waals surface area contributed by atoms with Crippen LogP contribution in [0.2, 0.25) is 0 Å². The number of nitrogens with one attached hydrogen (secondary N) is 2. The third kappa shape index (κ3) is 4.63. The first-order chi connectivity index (χ1) is 14.1. The highest BCUT2D eigenvalue weighted by atomic mass is 32.1. The van der Waals surface area contributed by atoms with E-state index in [4.69, 9.17) is 4.74 Å². The molecule has 0 fully saturated rings. The van der Waals surface area contributed by atoms with E-state index in [0.29, 0.717) is 18.2 Å². The Kier molecular flexibility index (Phi) is 5.57. The van der Waals surface area contributed by atoms with E-state index in [-0.39, 0.29) is 17.9 Å². The predicted molar refractivity (Wildman–Crippen MR) is 113 cm³/mol. The van der Waals surface area contributed by atoms with Gasteiger partial charge in [-0.2, -0.15) is 0 Å². The number of amides is 2. The minimum Gasteiger partial charge on any atom is -0.493 e. The average Bonchev–Trinajstić information content (AvgIpc) is 3.16. The van der Waals surface area contributed by atoms with Gasteiger partial charge in [0.15, 0.2) is 5.13 Å². The third-order valence-corrected chi connectivity index (χ3v) is 5.44. The molecule has 4 rings (SSSR count). The quantitative estimate of drug-likeness (QED) is 0.671. The zero-order chi connectivity index (χ0) is 20.2. The monoisotopic (exact) mass is 407 g/mol. The molecule has 0 radical (unpaired) electrons. The van der Waals surface area contributed by atoms with Crippen molar-refractivity contribution in [3.8, 4) is 17.0 Å². The van der Waals surface area contributed by atoms with Crippen molar-refractivity contribution in [1.82, 2.24) is 10.3 Å². The molecule has 1 atom stereocenters. The SMILES string of the molecule is CC(=O)NC1CCOc2ccc(-c3csc(NC(=O)Cc4ccccc4)n3)cc21. The second-order valence-electron chi connectivity index (χ2n) is 6.89. The number of rotatable bonds is 5. The molecule has 2 heterocycles. The molecule has 2 aromatic carbocycles. The van der Waals surface area contributed by atoms with E-state index in [0.717, 1.165) is 34.6 Å². The molecule has 6 nitrogen and oxygen atoms in total. The zero-order valence-corrected chi connectivity index (χ0v) is 16.8. The Bertz CT molecular complexity index is 1030. The fraction of sp³-hybridized carbons (Fsp3) is 0.227. The van der Waals surface area contributed by atoms with Crippen molar-refractivity contribution in [1.29, 1.82) is 0 Å². The number of benzene rings is 2. The van der Waals surface area contributed by atoms with Gasteiger partial charge in [0.05, 0.1) is 24.8 Å². The molecule has 2 N–H and O–H groups in total. The molecular formula is C22H21N3O3S. The van der Waals surface area contributed by atoms with Gasteiger partial charge in [0, 0.05) is 29.9 Å². The largest absolute Gasteiger partial charge is 0.493 e. The van der Waals surface area contributed by atoms with Crippen molar-refractivity contribution in [2.45, 2.75) is 25.8 Å². The Morgan fingerprint density at radius 3 is 2.83 bits per heavy atom. The summed E-state index contributed by atoms with van der Waals surface area (Å²) in [6, 6.07) is 15.4. The van der Waals surface area contributed by atoms with Gasteiger partial charge in [-0.1, -0.05) is 30.3 Å². The molecule has 3 aromatic rings. The molecule has 1 aromatic heterocycles. The van der Waals surface area contributed by atoms with E-state index in [1.165, 1.54) is 18.3 Å². The molecule has 0 bridgehead atoms. The Hall–Kier alpha value is -3.19. The number of thiazole rings is 1. The summed E-state index contributed by atoms with van der Waals surface area (Å²) in [6.07, 6.45) is 1.04. The lowest BCUT2D eigenvalue weighted by Crippen LogP contribution is -2.30. The van der Waals surface area contributed by atoms with Crippen LogP contribution in [-0.4, -0.2) is 23.4 Å². The van der Waals surface area contributed by atoms with Crippen LogP contribution in [0.4, 0.5) is 5.13 Å². The minimum absolute atomic E-state index is 0.0645. The summed E-state index contributed by atoms with van der Waals surface area (Å²) in [4.78, 5) is 28.3. The fourth-order valence-electron chi connectivity index (χ4n) is 3.36. The third-order valence-electron chi connectivity index (χ3n) is 4.68. The lowest BCUT2D eigenvalue weighted by atomic mass is 9.97. The highest BCUT2D eigenvalue weighted by molar-refractivity contribution is 7.14. The summed E-state index contributed by atoms with van der Waals surface area (Å²) in [5, 5.41) is 8.32. The van der Waals surface area contributed by atoms with Gasteiger partial charge in [0.25, 0.3) is 0 Å². The molecule has 148 valence electrons. The number of carbonyl (C=O) groups excluding carboxylic acids is 2. The second-order valence-corrected chi connectivity index (χ2v) is 7.75. The molecule has 0 aliphatic carbocycles. The summed E-state index contributed by atoms with van der Waals surface area (Å²) >= 11 is 1.39. The summed E-state index contributed by atoms with van der Waals surface area (Å²) < 4.78 is 5.71. The standard InChI is InChI=1S/C22H21N3O3S/c1-14(26)23-18-9-10-28-20-8-7-16(12-17(18)20)19-13-29-22(24-19)25-21(27)11-15-5-3-2-4-6-15/h2-8,12-13,18H,9-11H2,1H3,(H,23,26)(H,24,25,27). The van der Waals surface area contributed by atoms with Gasteiger partial charge in [0.2, 0.25) is 11.8 Å². The molecule has 1 aliphatic rings. The molecule has 0 saturated carbocycles. The maximum Gasteiger partial charge on any atom is 0.230 e. The Morgan fingerprint density at radius 1 is 1.21 bits per heavy atom. The highest BCUT2D eigenvalue weighted by Crippen LogP contribution is 2.36. The molecule has 0 spiro atoms. The number of anilines is 1. The first-order valence-corrected chi connectivity index (χ1v) is 10.3. The van der Waals surface area contributed by atoms with E-state index in [1.807, 2.05) is 53.9 Å². The molecular weight excluding hydrogens is 386 g/mol. The van der Waals surface area contributed by atoms with Gasteiger partial charge in [-0.05, 0) is 23.8 Å². The Morgan fingerprint density at radius 2 is 2.03 bits per heavy atom. The number of fused-ring (bicyclic) bond motifs is 1. The Labute approximate surface area is 172 Å². The van der Waals surface area contributed by atoms with E-state index >= 15 is 0 Å². The number of aromatic nitrogens is 1. The van der Waals surface area contributed by atoms with Gasteiger partial charge in [-0.15, -0.1) is 11.3 Å². The van der Waals surface area contributed by atoms with Crippen molar-refractivity contribution in [2.24, 2.45) is 0 Å². The number of hydrogen-bond donors (Lipinski definition) is 2. The average molecular weight is 407 g/mol. The van der Waals surface area contributed by atoms with Crippen molar-refractivity contribution in [2.75, 3.05) is 11.9 Å². The highest BCUT2D eigenvalue weighted by Gasteiger charge is 2.23. The number of carbonyl (C=O) groups is 2. The first kappa shape index (κ1) is 19.1. The molecule has 1 unspecified atom stereocenters. The van der Waals surface area contributed by atoms with Crippen LogP contribution in [-0.2, 0) is 16.0 Å². The molecule has 0 saturated heterocycles. The zero-order valence-electron chi connectivity index (χ0n) is 16.0. The summed E-state index contributed by atoms with van der Waals surface area (Å²) in [5.74, 6) is 0.623. The lowest BCUT2D eigenvalue weighted by Gasteiger charge is -2.26. The molecule has 29 heavy (non-hydrogen) atoms. The van der Waals surface area contributed by atoms with E-state index in [2.05, 4.69) is 15.6 Å². The summed E-state index contributed by atoms with van der Waals surface area (Å²) in [6.45, 7) is 2.09. The normalized spacial score (nSPS) is 15.1. The maximum atomic E-state index is 12.3. The lowest BCUT2D eigenvalue weighted by molar-refractivity contribution is -0.120. The number of nitrogens with zero attached hydrogens (tertiary/aromatic N) is 1. The van der Waals surface area contributed by atoms with Crippen LogP contribution in [0.1, 0.15) is 30.5 Å². The van der Waals surface area contributed by atoms with Gasteiger partial charge >= 0.3 is 0 Å². The van der Waals surface area contributed by atoms with E-state index in [1.54, 1.807) is 0 Å². The van der Waals surface area contributed by atoms with Gasteiger partial charge in [-0.25, -0.2) is 4.98 Å². The smallest absolute Gasteiger partial charge is 0.230 e. The second kappa shape index (κ2) is 8.45. The van der Waals surface area contributed by atoms with Crippen molar-refractivity contribution in [3.05, 3.63) is 65.0 Å². The fourth-order valence-corrected chi connectivity index (χ4v) is 4.09. The molecule has 1 aliphatic heterocycles.